The van der Waals surface area contributed by atoms with Gasteiger partial charge < -0.3 is 25.1 Å². The van der Waals surface area contributed by atoms with E-state index < -0.39 is 0 Å². The molecule has 160 valence electrons. The minimum Gasteiger partial charge on any atom is -0.361 e. The van der Waals surface area contributed by atoms with E-state index >= 15 is 0 Å². The molecule has 1 amide bonds. The van der Waals surface area contributed by atoms with Gasteiger partial charge in [-0.2, -0.15) is 0 Å². The molecule has 3 heterocycles. The first-order valence-electron chi connectivity index (χ1n) is 11.0. The van der Waals surface area contributed by atoms with Crippen LogP contribution >= 0.6 is 0 Å². The number of nitrogens with zero attached hydrogens (tertiary/aromatic N) is 3. The molecule has 7 heteroatoms. The number of para-hydroxylation sites is 1. The van der Waals surface area contributed by atoms with Crippen molar-refractivity contribution in [3.05, 3.63) is 47.9 Å². The number of H-pyrrole nitrogens is 2. The highest BCUT2D eigenvalue weighted by Gasteiger charge is 2.20. The summed E-state index contributed by atoms with van der Waals surface area (Å²) in [5.41, 5.74) is 2.91. The van der Waals surface area contributed by atoms with E-state index in [-0.39, 0.29) is 11.9 Å². The Morgan fingerprint density at radius 1 is 1.23 bits per heavy atom. The number of benzene rings is 1. The van der Waals surface area contributed by atoms with Crippen LogP contribution in [0.4, 0.5) is 5.95 Å². The zero-order chi connectivity index (χ0) is 20.9. The van der Waals surface area contributed by atoms with Crippen molar-refractivity contribution in [2.24, 2.45) is 0 Å². The van der Waals surface area contributed by atoms with E-state index in [1.165, 1.54) is 10.9 Å². The highest BCUT2D eigenvalue weighted by Crippen LogP contribution is 2.21. The molecule has 7 nitrogen and oxygen atoms in total. The van der Waals surface area contributed by atoms with Crippen LogP contribution in [-0.2, 0) is 6.42 Å². The summed E-state index contributed by atoms with van der Waals surface area (Å²) in [6.45, 7) is 6.04. The number of amides is 1. The maximum Gasteiger partial charge on any atom is 0.269 e. The molecule has 1 saturated heterocycles. The van der Waals surface area contributed by atoms with Gasteiger partial charge in [0, 0.05) is 49.3 Å². The zero-order valence-corrected chi connectivity index (χ0v) is 17.9. The molecule has 1 unspecified atom stereocenters. The van der Waals surface area contributed by atoms with Crippen molar-refractivity contribution in [3.63, 3.8) is 0 Å². The maximum atomic E-state index is 12.9. The minimum atomic E-state index is -0.0798. The molecule has 0 aliphatic carbocycles. The molecule has 0 bridgehead atoms. The number of fused-ring (bicyclic) bond motifs is 1. The highest BCUT2D eigenvalue weighted by atomic mass is 16.2. The number of anilines is 1. The smallest absolute Gasteiger partial charge is 0.269 e. The summed E-state index contributed by atoms with van der Waals surface area (Å²) in [4.78, 5) is 28.5. The third kappa shape index (κ3) is 4.67. The van der Waals surface area contributed by atoms with Gasteiger partial charge in [0.2, 0.25) is 5.95 Å². The topological polar surface area (TPSA) is 80.1 Å². The largest absolute Gasteiger partial charge is 0.361 e. The van der Waals surface area contributed by atoms with Crippen molar-refractivity contribution in [3.8, 4) is 0 Å². The van der Waals surface area contributed by atoms with Gasteiger partial charge >= 0.3 is 0 Å². The summed E-state index contributed by atoms with van der Waals surface area (Å²) in [5.74, 6) is 0.707. The summed E-state index contributed by atoms with van der Waals surface area (Å²) in [6.07, 6.45) is 7.69. The fourth-order valence-electron chi connectivity index (χ4n) is 4.11. The molecule has 4 rings (SSSR count). The summed E-state index contributed by atoms with van der Waals surface area (Å²) in [7, 11) is 2.13. The van der Waals surface area contributed by atoms with Crippen molar-refractivity contribution in [2.75, 3.05) is 38.1 Å². The van der Waals surface area contributed by atoms with Gasteiger partial charge in [-0.1, -0.05) is 38.0 Å². The lowest BCUT2D eigenvalue weighted by atomic mass is 10.0. The number of aromatic nitrogens is 3. The molecular weight excluding hydrogens is 376 g/mol. The Bertz CT molecular complexity index is 969. The standard InChI is InChI=1S/C23H32N6O/c1-3-4-7-18(14-17-15-24-20-9-6-5-8-19(17)20)26-22(30)21-16-25-23(27-21)29-12-10-28(2)11-13-29/h5-6,8-9,15-16,18,24H,3-4,7,10-14H2,1-2H3,(H,25,27)(H,26,30). The van der Waals surface area contributed by atoms with E-state index in [0.717, 1.165) is 63.3 Å². The molecule has 1 atom stereocenters. The summed E-state index contributed by atoms with van der Waals surface area (Å²) in [6, 6.07) is 8.41. The first-order valence-corrected chi connectivity index (χ1v) is 11.0. The second-order valence-electron chi connectivity index (χ2n) is 8.29. The number of nitrogens with one attached hydrogen (secondary N) is 3. The van der Waals surface area contributed by atoms with E-state index in [1.54, 1.807) is 6.20 Å². The van der Waals surface area contributed by atoms with Gasteiger partial charge in [0.05, 0.1) is 6.20 Å². The van der Waals surface area contributed by atoms with Crippen molar-refractivity contribution in [1.29, 1.82) is 0 Å². The van der Waals surface area contributed by atoms with Gasteiger partial charge in [0.1, 0.15) is 5.69 Å². The number of likely N-dealkylation sites (N-methyl/N-ethyl adjacent to an activating group) is 1. The SMILES string of the molecule is CCCCC(Cc1c[nH]c2ccccc12)NC(=O)c1cnc(N2CCN(C)CC2)[nH]1. The fraction of sp³-hybridized carbons (Fsp3) is 0.478. The Hall–Kier alpha value is -2.80. The lowest BCUT2D eigenvalue weighted by Gasteiger charge is -2.32. The lowest BCUT2D eigenvalue weighted by molar-refractivity contribution is 0.0930. The molecule has 3 N–H and O–H groups in total. The third-order valence-corrected chi connectivity index (χ3v) is 5.99. The van der Waals surface area contributed by atoms with Crippen LogP contribution in [0, 0.1) is 0 Å². The predicted octanol–water partition coefficient (Wildman–Crippen LogP) is 3.17. The van der Waals surface area contributed by atoms with Crippen molar-refractivity contribution in [1.82, 2.24) is 25.2 Å². The Morgan fingerprint density at radius 3 is 2.83 bits per heavy atom. The number of hydrogen-bond acceptors (Lipinski definition) is 4. The molecule has 0 saturated carbocycles. The minimum absolute atomic E-state index is 0.0798. The van der Waals surface area contributed by atoms with Crippen LogP contribution in [0.15, 0.2) is 36.7 Å². The fourth-order valence-corrected chi connectivity index (χ4v) is 4.11. The Balaban J connectivity index is 1.43. The molecule has 30 heavy (non-hydrogen) atoms. The van der Waals surface area contributed by atoms with Crippen molar-refractivity contribution < 1.29 is 4.79 Å². The van der Waals surface area contributed by atoms with Gasteiger partial charge in [0.25, 0.3) is 5.91 Å². The molecule has 1 aliphatic rings. The Morgan fingerprint density at radius 2 is 2.03 bits per heavy atom. The van der Waals surface area contributed by atoms with Crippen LogP contribution in [0.2, 0.25) is 0 Å². The quantitative estimate of drug-likeness (QED) is 0.535. The van der Waals surface area contributed by atoms with Gasteiger partial charge in [-0.15, -0.1) is 0 Å². The molecule has 3 aromatic rings. The first kappa shape index (κ1) is 20.5. The van der Waals surface area contributed by atoms with Crippen LogP contribution in [0.3, 0.4) is 0 Å². The Kier molecular flexibility index (Phi) is 6.38. The summed E-state index contributed by atoms with van der Waals surface area (Å²) >= 11 is 0. The number of imidazole rings is 1. The number of rotatable bonds is 8. The van der Waals surface area contributed by atoms with Crippen LogP contribution < -0.4 is 10.2 Å². The molecular formula is C23H32N6O. The van der Waals surface area contributed by atoms with Crippen molar-refractivity contribution >= 4 is 22.8 Å². The van der Waals surface area contributed by atoms with Crippen LogP contribution in [0.5, 0.6) is 0 Å². The van der Waals surface area contributed by atoms with E-state index in [2.05, 4.69) is 68.4 Å². The second-order valence-corrected chi connectivity index (χ2v) is 8.29. The number of carbonyl (C=O) groups is 1. The molecule has 0 radical (unpaired) electrons. The van der Waals surface area contributed by atoms with Crippen LogP contribution in [0.1, 0.15) is 42.2 Å². The van der Waals surface area contributed by atoms with Gasteiger partial charge in [-0.25, -0.2) is 4.98 Å². The highest BCUT2D eigenvalue weighted by molar-refractivity contribution is 5.92. The number of hydrogen-bond donors (Lipinski definition) is 3. The molecule has 0 spiro atoms. The summed E-state index contributed by atoms with van der Waals surface area (Å²) < 4.78 is 0. The van der Waals surface area contributed by atoms with E-state index in [4.69, 9.17) is 0 Å². The average molecular weight is 409 g/mol. The van der Waals surface area contributed by atoms with E-state index in [9.17, 15) is 4.79 Å². The monoisotopic (exact) mass is 408 g/mol. The molecule has 1 aliphatic heterocycles. The molecule has 1 aromatic carbocycles. The zero-order valence-electron chi connectivity index (χ0n) is 17.9. The summed E-state index contributed by atoms with van der Waals surface area (Å²) in [5, 5.41) is 4.47. The van der Waals surface area contributed by atoms with Gasteiger partial charge in [0.15, 0.2) is 0 Å². The van der Waals surface area contributed by atoms with Gasteiger partial charge in [-0.05, 0) is 31.5 Å². The predicted molar refractivity (Wildman–Crippen MR) is 121 cm³/mol. The van der Waals surface area contributed by atoms with E-state index in [0.29, 0.717) is 5.69 Å². The first-order chi connectivity index (χ1) is 14.6. The average Bonchev–Trinajstić information content (AvgIpc) is 3.40. The Labute approximate surface area is 177 Å². The maximum absolute atomic E-state index is 12.9. The van der Waals surface area contributed by atoms with Crippen molar-refractivity contribution in [2.45, 2.75) is 38.6 Å². The van der Waals surface area contributed by atoms with Crippen LogP contribution in [-0.4, -0.2) is 65.0 Å². The van der Waals surface area contributed by atoms with Crippen LogP contribution in [0.25, 0.3) is 10.9 Å². The normalized spacial score (nSPS) is 16.1. The molecule has 1 fully saturated rings. The number of aromatic amines is 2. The molecule has 2 aromatic heterocycles. The third-order valence-electron chi connectivity index (χ3n) is 5.99. The lowest BCUT2D eigenvalue weighted by Crippen LogP contribution is -2.45. The number of piperazine rings is 1. The van der Waals surface area contributed by atoms with E-state index in [1.807, 2.05) is 6.07 Å². The number of unbranched alkanes of at least 4 members (excludes halogenated alkanes) is 1. The van der Waals surface area contributed by atoms with Gasteiger partial charge in [-0.3, -0.25) is 4.79 Å². The second kappa shape index (κ2) is 9.34. The number of carbonyl (C=O) groups excluding carboxylic acids is 1.